The SMILES string of the molecule is Cc1cc(C(=O)Nc2ccc(-c3csnn3)cc2)c2nc3n(c2n1)CCCCC3. The first kappa shape index (κ1) is 17.9. The number of nitrogens with zero attached hydrogens (tertiary/aromatic N) is 5. The molecule has 8 heteroatoms. The minimum absolute atomic E-state index is 0.170. The highest BCUT2D eigenvalue weighted by atomic mass is 32.1. The van der Waals surface area contributed by atoms with E-state index in [9.17, 15) is 4.79 Å². The van der Waals surface area contributed by atoms with Gasteiger partial charge in [0.25, 0.3) is 5.91 Å². The second-order valence-corrected chi connectivity index (χ2v) is 7.91. The number of rotatable bonds is 3. The number of aryl methyl sites for hydroxylation is 3. The van der Waals surface area contributed by atoms with Crippen LogP contribution >= 0.6 is 11.5 Å². The number of hydrogen-bond acceptors (Lipinski definition) is 6. The van der Waals surface area contributed by atoms with Crippen molar-refractivity contribution in [3.05, 3.63) is 52.8 Å². The van der Waals surface area contributed by atoms with Crippen LogP contribution in [0.2, 0.25) is 0 Å². The monoisotopic (exact) mass is 404 g/mol. The van der Waals surface area contributed by atoms with E-state index >= 15 is 0 Å². The van der Waals surface area contributed by atoms with Crippen LogP contribution in [0.5, 0.6) is 0 Å². The molecule has 1 aliphatic heterocycles. The second kappa shape index (κ2) is 7.36. The van der Waals surface area contributed by atoms with E-state index in [1.807, 2.05) is 42.6 Å². The molecule has 0 unspecified atom stereocenters. The van der Waals surface area contributed by atoms with Gasteiger partial charge < -0.3 is 9.88 Å². The van der Waals surface area contributed by atoms with Crippen molar-refractivity contribution in [1.82, 2.24) is 24.1 Å². The molecule has 29 heavy (non-hydrogen) atoms. The standard InChI is InChI=1S/C21H20N6OS/c1-13-11-16(19-20(22-13)27-10-4-2-3-5-18(27)24-19)21(28)23-15-8-6-14(7-9-15)17-12-29-26-25-17/h6-9,11-12H,2-5,10H2,1H3,(H,23,28). The normalized spacial score (nSPS) is 13.8. The Labute approximate surface area is 172 Å². The van der Waals surface area contributed by atoms with Gasteiger partial charge in [0, 0.05) is 35.3 Å². The largest absolute Gasteiger partial charge is 0.322 e. The van der Waals surface area contributed by atoms with E-state index in [4.69, 9.17) is 4.98 Å². The fourth-order valence-corrected chi connectivity index (χ4v) is 4.27. The quantitative estimate of drug-likeness (QED) is 0.552. The number of pyridine rings is 1. The maximum absolute atomic E-state index is 13.1. The summed E-state index contributed by atoms with van der Waals surface area (Å²) < 4.78 is 6.07. The number of fused-ring (bicyclic) bond motifs is 3. The molecular weight excluding hydrogens is 384 g/mol. The van der Waals surface area contributed by atoms with Gasteiger partial charge in [-0.15, -0.1) is 5.10 Å². The van der Waals surface area contributed by atoms with Crippen LogP contribution in [0.25, 0.3) is 22.4 Å². The molecule has 0 aliphatic carbocycles. The van der Waals surface area contributed by atoms with Crippen LogP contribution in [0.1, 0.15) is 41.1 Å². The van der Waals surface area contributed by atoms with Crippen molar-refractivity contribution < 1.29 is 4.79 Å². The lowest BCUT2D eigenvalue weighted by Gasteiger charge is -2.08. The first-order chi connectivity index (χ1) is 14.2. The fourth-order valence-electron chi connectivity index (χ4n) is 3.80. The highest BCUT2D eigenvalue weighted by Crippen LogP contribution is 2.25. The van der Waals surface area contributed by atoms with Crippen LogP contribution in [-0.4, -0.2) is 30.0 Å². The summed E-state index contributed by atoms with van der Waals surface area (Å²) in [6.07, 6.45) is 4.39. The molecule has 1 aliphatic rings. The molecule has 0 saturated heterocycles. The van der Waals surface area contributed by atoms with Crippen molar-refractivity contribution in [3.63, 3.8) is 0 Å². The molecule has 4 heterocycles. The number of anilines is 1. The third kappa shape index (κ3) is 3.40. The summed E-state index contributed by atoms with van der Waals surface area (Å²) in [5.74, 6) is 0.864. The van der Waals surface area contributed by atoms with Gasteiger partial charge in [-0.25, -0.2) is 9.97 Å². The molecule has 7 nitrogen and oxygen atoms in total. The first-order valence-electron chi connectivity index (χ1n) is 9.74. The van der Waals surface area contributed by atoms with Gasteiger partial charge in [0.2, 0.25) is 0 Å². The zero-order chi connectivity index (χ0) is 19.8. The lowest BCUT2D eigenvalue weighted by atomic mass is 10.1. The average Bonchev–Trinajstić information content (AvgIpc) is 3.31. The Morgan fingerprint density at radius 3 is 2.79 bits per heavy atom. The van der Waals surface area contributed by atoms with E-state index in [0.717, 1.165) is 59.9 Å². The van der Waals surface area contributed by atoms with Crippen LogP contribution in [0.3, 0.4) is 0 Å². The van der Waals surface area contributed by atoms with Crippen LogP contribution in [-0.2, 0) is 13.0 Å². The van der Waals surface area contributed by atoms with Gasteiger partial charge in [-0.1, -0.05) is 23.0 Å². The number of imidazole rings is 1. The van der Waals surface area contributed by atoms with Crippen molar-refractivity contribution in [1.29, 1.82) is 0 Å². The third-order valence-electron chi connectivity index (χ3n) is 5.24. The molecule has 4 aromatic rings. The van der Waals surface area contributed by atoms with Crippen LogP contribution < -0.4 is 5.32 Å². The molecular formula is C21H20N6OS. The fraction of sp³-hybridized carbons (Fsp3) is 0.286. The topological polar surface area (TPSA) is 85.6 Å². The number of carbonyl (C=O) groups excluding carboxylic acids is 1. The van der Waals surface area contributed by atoms with Gasteiger partial charge in [0.05, 0.1) is 5.56 Å². The maximum Gasteiger partial charge on any atom is 0.258 e. The van der Waals surface area contributed by atoms with Crippen molar-refractivity contribution in [3.8, 4) is 11.3 Å². The first-order valence-corrected chi connectivity index (χ1v) is 10.6. The average molecular weight is 404 g/mol. The summed E-state index contributed by atoms with van der Waals surface area (Å²) in [7, 11) is 0. The van der Waals surface area contributed by atoms with Crippen molar-refractivity contribution >= 4 is 34.3 Å². The Kier molecular flexibility index (Phi) is 4.55. The summed E-state index contributed by atoms with van der Waals surface area (Å²) in [5, 5.41) is 8.96. The highest BCUT2D eigenvalue weighted by Gasteiger charge is 2.21. The van der Waals surface area contributed by atoms with Crippen molar-refractivity contribution in [2.45, 2.75) is 39.2 Å². The molecule has 3 aromatic heterocycles. The Balaban J connectivity index is 1.46. The lowest BCUT2D eigenvalue weighted by molar-refractivity contribution is 0.102. The van der Waals surface area contributed by atoms with E-state index in [0.29, 0.717) is 11.1 Å². The second-order valence-electron chi connectivity index (χ2n) is 7.30. The van der Waals surface area contributed by atoms with E-state index in [-0.39, 0.29) is 5.91 Å². The maximum atomic E-state index is 13.1. The predicted octanol–water partition coefficient (Wildman–Crippen LogP) is 4.24. The zero-order valence-electron chi connectivity index (χ0n) is 16.1. The molecule has 0 bridgehead atoms. The summed E-state index contributed by atoms with van der Waals surface area (Å²) in [6.45, 7) is 2.83. The minimum Gasteiger partial charge on any atom is -0.322 e. The molecule has 0 saturated carbocycles. The number of nitrogens with one attached hydrogen (secondary N) is 1. The van der Waals surface area contributed by atoms with Crippen LogP contribution in [0, 0.1) is 6.92 Å². The van der Waals surface area contributed by atoms with E-state index in [1.165, 1.54) is 18.0 Å². The number of amides is 1. The van der Waals surface area contributed by atoms with Crippen molar-refractivity contribution in [2.75, 3.05) is 5.32 Å². The Hall–Kier alpha value is -3.13. The number of benzene rings is 1. The zero-order valence-corrected chi connectivity index (χ0v) is 16.9. The molecule has 0 fully saturated rings. The van der Waals surface area contributed by atoms with Gasteiger partial charge >= 0.3 is 0 Å². The molecule has 146 valence electrons. The summed E-state index contributed by atoms with van der Waals surface area (Å²) >= 11 is 1.32. The molecule has 0 spiro atoms. The summed E-state index contributed by atoms with van der Waals surface area (Å²) in [4.78, 5) is 22.5. The van der Waals surface area contributed by atoms with Crippen molar-refractivity contribution in [2.24, 2.45) is 0 Å². The Morgan fingerprint density at radius 2 is 2.00 bits per heavy atom. The predicted molar refractivity (Wildman–Crippen MR) is 113 cm³/mol. The molecule has 1 aromatic carbocycles. The van der Waals surface area contributed by atoms with Gasteiger partial charge in [-0.3, -0.25) is 4.79 Å². The van der Waals surface area contributed by atoms with E-state index in [2.05, 4.69) is 24.5 Å². The van der Waals surface area contributed by atoms with Gasteiger partial charge in [0.1, 0.15) is 17.0 Å². The lowest BCUT2D eigenvalue weighted by Crippen LogP contribution is -2.13. The number of aromatic nitrogens is 5. The summed E-state index contributed by atoms with van der Waals surface area (Å²) in [5.41, 5.74) is 5.43. The molecule has 0 atom stereocenters. The Bertz CT molecular complexity index is 1180. The summed E-state index contributed by atoms with van der Waals surface area (Å²) in [6, 6.07) is 9.43. The van der Waals surface area contributed by atoms with Crippen LogP contribution in [0.15, 0.2) is 35.7 Å². The number of hydrogen-bond donors (Lipinski definition) is 1. The van der Waals surface area contributed by atoms with Gasteiger partial charge in [-0.2, -0.15) is 0 Å². The van der Waals surface area contributed by atoms with E-state index < -0.39 is 0 Å². The Morgan fingerprint density at radius 1 is 1.14 bits per heavy atom. The highest BCUT2D eigenvalue weighted by molar-refractivity contribution is 7.03. The van der Waals surface area contributed by atoms with Gasteiger partial charge in [0.15, 0.2) is 5.65 Å². The van der Waals surface area contributed by atoms with E-state index in [1.54, 1.807) is 0 Å². The minimum atomic E-state index is -0.170. The smallest absolute Gasteiger partial charge is 0.258 e. The molecule has 1 N–H and O–H groups in total. The van der Waals surface area contributed by atoms with Crippen LogP contribution in [0.4, 0.5) is 5.69 Å². The molecule has 5 rings (SSSR count). The molecule has 1 amide bonds. The third-order valence-corrected chi connectivity index (χ3v) is 5.74. The van der Waals surface area contributed by atoms with Gasteiger partial charge in [-0.05, 0) is 49.5 Å². The number of carbonyl (C=O) groups is 1. The molecule has 0 radical (unpaired) electrons.